The molecule has 4 unspecified atom stereocenters. The van der Waals surface area contributed by atoms with Crippen molar-refractivity contribution in [1.29, 1.82) is 0 Å². The van der Waals surface area contributed by atoms with Crippen LogP contribution in [0.15, 0.2) is 65.1 Å². The number of pyridine rings is 1. The average Bonchev–Trinajstić information content (AvgIpc) is 3.17. The predicted octanol–water partition coefficient (Wildman–Crippen LogP) is 5.38. The Morgan fingerprint density at radius 3 is 2.44 bits per heavy atom. The molecule has 4 atom stereocenters. The quantitative estimate of drug-likeness (QED) is 0.456. The van der Waals surface area contributed by atoms with E-state index in [9.17, 15) is 5.11 Å². The first-order chi connectivity index (χ1) is 15.4. The summed E-state index contributed by atoms with van der Waals surface area (Å²) in [7, 11) is 3.04. The van der Waals surface area contributed by atoms with E-state index in [0.717, 1.165) is 15.6 Å². The highest BCUT2D eigenvalue weighted by Gasteiger charge is 2.71. The smallest absolute Gasteiger partial charge is 0.224 e. The monoisotopic (exact) mass is 516 g/mol. The number of nitrogens with two attached hydrogens (primary N) is 1. The van der Waals surface area contributed by atoms with E-state index < -0.39 is 11.2 Å². The molecule has 1 aromatic heterocycles. The number of aliphatic hydroxyl groups is 1. The zero-order valence-corrected chi connectivity index (χ0v) is 20.5. The van der Waals surface area contributed by atoms with Crippen LogP contribution in [-0.2, 0) is 11.2 Å². The first-order valence-corrected chi connectivity index (χ1v) is 11.6. The van der Waals surface area contributed by atoms with Gasteiger partial charge in [0.15, 0.2) is 5.60 Å². The summed E-state index contributed by atoms with van der Waals surface area (Å²) >= 11 is 9.76. The number of benzene rings is 2. The minimum absolute atomic E-state index is 0.0826. The van der Waals surface area contributed by atoms with Crippen molar-refractivity contribution in [3.05, 3.63) is 87.0 Å². The molecular formula is C25H26BrClN2O3. The number of hydrogen-bond acceptors (Lipinski definition) is 5. The Morgan fingerprint density at radius 1 is 1.16 bits per heavy atom. The largest absolute Gasteiger partial charge is 0.481 e. The molecule has 1 aliphatic carbocycles. The summed E-state index contributed by atoms with van der Waals surface area (Å²) in [5, 5.41) is 12.6. The van der Waals surface area contributed by atoms with Gasteiger partial charge < -0.3 is 20.3 Å². The van der Waals surface area contributed by atoms with Crippen molar-refractivity contribution < 1.29 is 14.6 Å². The van der Waals surface area contributed by atoms with Gasteiger partial charge in [0.25, 0.3) is 0 Å². The first-order valence-electron chi connectivity index (χ1n) is 10.5. The second-order valence-electron chi connectivity index (χ2n) is 8.10. The molecule has 0 amide bonds. The summed E-state index contributed by atoms with van der Waals surface area (Å²) in [4.78, 5) is 4.33. The summed E-state index contributed by atoms with van der Waals surface area (Å²) in [6, 6.07) is 19.9. The van der Waals surface area contributed by atoms with Gasteiger partial charge in [0.2, 0.25) is 5.88 Å². The van der Waals surface area contributed by atoms with E-state index >= 15 is 0 Å². The molecule has 5 nitrogen and oxygen atoms in total. The Hall–Kier alpha value is -2.12. The Labute approximate surface area is 201 Å². The number of nitrogens with zero attached hydrogens (tertiary/aromatic N) is 1. The molecule has 1 saturated carbocycles. The maximum atomic E-state index is 12.4. The summed E-state index contributed by atoms with van der Waals surface area (Å²) in [5.74, 6) is 0.889. The van der Waals surface area contributed by atoms with Crippen LogP contribution in [0.25, 0.3) is 0 Å². The second kappa shape index (κ2) is 8.67. The van der Waals surface area contributed by atoms with Crippen molar-refractivity contribution in [2.45, 2.75) is 30.5 Å². The molecule has 2 heterocycles. The molecular weight excluding hydrogens is 492 g/mol. The Kier molecular flexibility index (Phi) is 6.25. The van der Waals surface area contributed by atoms with Gasteiger partial charge in [-0.05, 0) is 42.6 Å². The van der Waals surface area contributed by atoms with Crippen LogP contribution in [0, 0.1) is 5.92 Å². The normalized spacial score (nSPS) is 27.6. The molecule has 2 aliphatic rings. The van der Waals surface area contributed by atoms with E-state index in [-0.39, 0.29) is 17.0 Å². The lowest BCUT2D eigenvalue weighted by atomic mass is 9.71. The van der Waals surface area contributed by atoms with Crippen molar-refractivity contribution >= 4 is 27.5 Å². The molecule has 0 saturated heterocycles. The number of hydrogen-bond donors (Lipinski definition) is 2. The molecule has 3 aromatic rings. The van der Waals surface area contributed by atoms with E-state index in [0.29, 0.717) is 23.6 Å². The van der Waals surface area contributed by atoms with Gasteiger partial charge in [0, 0.05) is 16.5 Å². The number of rotatable bonds is 3. The standard InChI is InChI=1S/C24H21BrClNO3.CH5N/c1-14-13-23(28)21-18(12-19(26)27-22(21)29-2)30-24(23,16-8-10-17(25)11-9-16)20(14)15-6-4-3-5-7-15;1-2/h3-12,14,20,28H,13H2,1-2H3;2H2,1H3. The van der Waals surface area contributed by atoms with Crippen LogP contribution >= 0.6 is 27.5 Å². The summed E-state index contributed by atoms with van der Waals surface area (Å²) in [5.41, 5.74) is 4.74. The fraction of sp³-hybridized carbons (Fsp3) is 0.320. The highest BCUT2D eigenvalue weighted by molar-refractivity contribution is 9.10. The van der Waals surface area contributed by atoms with Gasteiger partial charge >= 0.3 is 0 Å². The van der Waals surface area contributed by atoms with Crippen molar-refractivity contribution in [2.75, 3.05) is 14.2 Å². The molecule has 1 fully saturated rings. The van der Waals surface area contributed by atoms with E-state index in [1.165, 1.54) is 14.2 Å². The van der Waals surface area contributed by atoms with Crippen LogP contribution < -0.4 is 15.2 Å². The van der Waals surface area contributed by atoms with Gasteiger partial charge in [0.1, 0.15) is 16.5 Å². The third kappa shape index (κ3) is 3.24. The van der Waals surface area contributed by atoms with Crippen molar-refractivity contribution in [1.82, 2.24) is 4.98 Å². The Bertz CT molecular complexity index is 1110. The molecule has 168 valence electrons. The topological polar surface area (TPSA) is 77.6 Å². The SMILES string of the molecule is CN.COc1nc(Cl)cc2c1C1(O)CC(C)C(c3ccccc3)C1(c1ccc(Br)cc1)O2. The molecule has 3 N–H and O–H groups in total. The fourth-order valence-corrected chi connectivity index (χ4v) is 5.92. The molecule has 2 aromatic carbocycles. The summed E-state index contributed by atoms with van der Waals surface area (Å²) in [6.07, 6.45) is 0.509. The summed E-state index contributed by atoms with van der Waals surface area (Å²) in [6.45, 7) is 2.16. The van der Waals surface area contributed by atoms with Crippen LogP contribution in [0.4, 0.5) is 0 Å². The van der Waals surface area contributed by atoms with E-state index in [4.69, 9.17) is 21.1 Å². The molecule has 5 rings (SSSR count). The maximum absolute atomic E-state index is 12.4. The van der Waals surface area contributed by atoms with Gasteiger partial charge in [-0.3, -0.25) is 0 Å². The lowest BCUT2D eigenvalue weighted by Crippen LogP contribution is -2.48. The van der Waals surface area contributed by atoms with Gasteiger partial charge in [-0.1, -0.05) is 76.9 Å². The molecule has 0 radical (unpaired) electrons. The van der Waals surface area contributed by atoms with Gasteiger partial charge in [-0.15, -0.1) is 0 Å². The number of ether oxygens (including phenoxy) is 2. The van der Waals surface area contributed by atoms with Crippen LogP contribution in [0.5, 0.6) is 11.6 Å². The van der Waals surface area contributed by atoms with Gasteiger partial charge in [-0.25, -0.2) is 4.98 Å². The third-order valence-corrected chi connectivity index (χ3v) is 7.19. The maximum Gasteiger partial charge on any atom is 0.224 e. The van der Waals surface area contributed by atoms with Crippen molar-refractivity contribution in [3.8, 4) is 11.6 Å². The highest BCUT2D eigenvalue weighted by Crippen LogP contribution is 2.69. The van der Waals surface area contributed by atoms with E-state index in [1.807, 2.05) is 42.5 Å². The third-order valence-electron chi connectivity index (χ3n) is 6.47. The van der Waals surface area contributed by atoms with Crippen molar-refractivity contribution in [3.63, 3.8) is 0 Å². The second-order valence-corrected chi connectivity index (χ2v) is 9.40. The van der Waals surface area contributed by atoms with E-state index in [2.05, 4.69) is 45.7 Å². The van der Waals surface area contributed by atoms with Gasteiger partial charge in [-0.2, -0.15) is 0 Å². The minimum atomic E-state index is -1.32. The molecule has 0 bridgehead atoms. The molecule has 7 heteroatoms. The lowest BCUT2D eigenvalue weighted by molar-refractivity contribution is -0.106. The zero-order chi connectivity index (χ0) is 23.1. The highest BCUT2D eigenvalue weighted by atomic mass is 79.9. The van der Waals surface area contributed by atoms with Crippen LogP contribution in [0.3, 0.4) is 0 Å². The van der Waals surface area contributed by atoms with Crippen LogP contribution in [0.2, 0.25) is 5.15 Å². The van der Waals surface area contributed by atoms with Gasteiger partial charge in [0.05, 0.1) is 12.7 Å². The fourth-order valence-electron chi connectivity index (χ4n) is 5.48. The summed E-state index contributed by atoms with van der Waals surface area (Å²) < 4.78 is 13.2. The number of fused-ring (bicyclic) bond motifs is 3. The minimum Gasteiger partial charge on any atom is -0.481 e. The Morgan fingerprint density at radius 2 is 1.81 bits per heavy atom. The number of methoxy groups -OCH3 is 1. The zero-order valence-electron chi connectivity index (χ0n) is 18.2. The average molecular weight is 518 g/mol. The first kappa shape index (κ1) is 23.1. The lowest BCUT2D eigenvalue weighted by Gasteiger charge is -2.40. The van der Waals surface area contributed by atoms with Crippen LogP contribution in [0.1, 0.15) is 36.0 Å². The molecule has 0 spiro atoms. The number of aromatic nitrogens is 1. The molecule has 32 heavy (non-hydrogen) atoms. The Balaban J connectivity index is 0.00000119. The van der Waals surface area contributed by atoms with Crippen molar-refractivity contribution in [2.24, 2.45) is 11.7 Å². The van der Waals surface area contributed by atoms with Crippen LogP contribution in [-0.4, -0.2) is 24.2 Å². The van der Waals surface area contributed by atoms with E-state index in [1.54, 1.807) is 6.07 Å². The number of halogens is 2. The predicted molar refractivity (Wildman–Crippen MR) is 129 cm³/mol. The molecule has 1 aliphatic heterocycles.